The van der Waals surface area contributed by atoms with Crippen LogP contribution in [0.25, 0.3) is 16.3 Å². The third kappa shape index (κ3) is 3.22. The summed E-state index contributed by atoms with van der Waals surface area (Å²) in [6.45, 7) is 5.95. The molecule has 0 radical (unpaired) electrons. The predicted molar refractivity (Wildman–Crippen MR) is 128 cm³/mol. The summed E-state index contributed by atoms with van der Waals surface area (Å²) in [6, 6.07) is 16.7. The lowest BCUT2D eigenvalue weighted by molar-refractivity contribution is -0.665. The van der Waals surface area contributed by atoms with E-state index in [2.05, 4.69) is 47.6 Å². The number of carbonyl (C=O) groups excluding carboxylic acids is 1. The van der Waals surface area contributed by atoms with Gasteiger partial charge < -0.3 is 9.64 Å². The van der Waals surface area contributed by atoms with Crippen LogP contribution < -0.4 is 9.47 Å². The average molecular weight is 448 g/mol. The number of hydrogen-bond donors (Lipinski definition) is 0. The summed E-state index contributed by atoms with van der Waals surface area (Å²) in [5, 5.41) is 2.12. The Hall–Kier alpha value is -2.83. The molecule has 0 amide bonds. The molecule has 4 nitrogen and oxygen atoms in total. The Balaban J connectivity index is 1.54. The monoisotopic (exact) mass is 447 g/mol. The maximum absolute atomic E-state index is 13.1. The number of thiazole rings is 1. The van der Waals surface area contributed by atoms with Gasteiger partial charge in [0, 0.05) is 23.6 Å². The van der Waals surface area contributed by atoms with Gasteiger partial charge in [-0.2, -0.15) is 4.57 Å². The summed E-state index contributed by atoms with van der Waals surface area (Å²) in [6.07, 6.45) is 3.96. The summed E-state index contributed by atoms with van der Waals surface area (Å²) in [5.41, 5.74) is 3.67. The quantitative estimate of drug-likeness (QED) is 0.379. The van der Waals surface area contributed by atoms with E-state index in [1.165, 1.54) is 20.8 Å². The maximum Gasteiger partial charge on any atom is 0.263 e. The maximum atomic E-state index is 13.1. The molecule has 0 unspecified atom stereocenters. The molecule has 0 bridgehead atoms. The number of nitrogens with zero attached hydrogens (tertiary/aromatic N) is 2. The molecule has 31 heavy (non-hydrogen) atoms. The van der Waals surface area contributed by atoms with Crippen LogP contribution in [0.2, 0.25) is 0 Å². The Labute approximate surface area is 190 Å². The summed E-state index contributed by atoms with van der Waals surface area (Å²) in [5.74, 6) is 0.710. The minimum absolute atomic E-state index is 0.0390. The molecule has 6 heteroatoms. The second kappa shape index (κ2) is 8.02. The Morgan fingerprint density at radius 1 is 1.06 bits per heavy atom. The standard InChI is InChI=1S/C25H23N2O2S2/c1-4-26-18-10-6-8-12-20(18)30-22(26)14-16-24(28)17(25(16)29-3)15-23-27(5-2)19-11-7-9-13-21(19)31-23/h6-15H,4-5H2,1-3H3/q+1. The summed E-state index contributed by atoms with van der Waals surface area (Å²) >= 11 is 3.40. The van der Waals surface area contributed by atoms with Gasteiger partial charge in [0.05, 0.1) is 29.0 Å². The Morgan fingerprint density at radius 3 is 2.61 bits per heavy atom. The molecule has 0 N–H and O–H groups in total. The van der Waals surface area contributed by atoms with E-state index in [1.54, 1.807) is 30.2 Å². The first-order chi connectivity index (χ1) is 15.2. The number of para-hydroxylation sites is 2. The Bertz CT molecular complexity index is 1300. The molecule has 2 heterocycles. The van der Waals surface area contributed by atoms with Gasteiger partial charge in [0.25, 0.3) is 5.01 Å². The number of methoxy groups -OCH3 is 1. The van der Waals surface area contributed by atoms with Crippen molar-refractivity contribution in [2.24, 2.45) is 0 Å². The number of benzene rings is 2. The molecule has 0 saturated carbocycles. The van der Waals surface area contributed by atoms with Gasteiger partial charge in [-0.3, -0.25) is 4.79 Å². The van der Waals surface area contributed by atoms with E-state index in [0.717, 1.165) is 23.1 Å². The first-order valence-corrected chi connectivity index (χ1v) is 12.0. The van der Waals surface area contributed by atoms with Crippen LogP contribution in [0.15, 0.2) is 81.4 Å². The number of fused-ring (bicyclic) bond motifs is 2. The molecule has 0 spiro atoms. The number of thioether (sulfide) groups is 1. The number of carbonyl (C=O) groups is 1. The highest BCUT2D eigenvalue weighted by Crippen LogP contribution is 2.47. The van der Waals surface area contributed by atoms with Crippen LogP contribution in [-0.4, -0.2) is 19.4 Å². The normalized spacial score (nSPS) is 18.3. The van der Waals surface area contributed by atoms with Gasteiger partial charge in [-0.05, 0) is 38.1 Å². The van der Waals surface area contributed by atoms with Crippen molar-refractivity contribution >= 4 is 50.9 Å². The molecule has 2 aliphatic rings. The lowest BCUT2D eigenvalue weighted by atomic mass is 9.87. The van der Waals surface area contributed by atoms with E-state index in [-0.39, 0.29) is 5.78 Å². The zero-order chi connectivity index (χ0) is 21.5. The van der Waals surface area contributed by atoms with Crippen LogP contribution >= 0.6 is 23.1 Å². The molecule has 156 valence electrons. The summed E-state index contributed by atoms with van der Waals surface area (Å²) in [4.78, 5) is 16.6. The van der Waals surface area contributed by atoms with Crippen molar-refractivity contribution in [3.05, 3.63) is 81.5 Å². The third-order valence-electron chi connectivity index (χ3n) is 5.62. The van der Waals surface area contributed by atoms with Crippen LogP contribution in [0.4, 0.5) is 5.69 Å². The minimum Gasteiger partial charge on any atom is -0.495 e. The van der Waals surface area contributed by atoms with E-state index < -0.39 is 0 Å². The highest BCUT2D eigenvalue weighted by molar-refractivity contribution is 8.03. The van der Waals surface area contributed by atoms with Crippen molar-refractivity contribution in [2.75, 3.05) is 18.6 Å². The average Bonchev–Trinajstić information content (AvgIpc) is 3.34. The lowest BCUT2D eigenvalue weighted by Crippen LogP contribution is -2.34. The van der Waals surface area contributed by atoms with Crippen LogP contribution in [0, 0.1) is 0 Å². The van der Waals surface area contributed by atoms with Gasteiger partial charge in [-0.1, -0.05) is 47.4 Å². The van der Waals surface area contributed by atoms with E-state index in [4.69, 9.17) is 4.74 Å². The number of hydrogen-bond acceptors (Lipinski definition) is 5. The fourth-order valence-corrected chi connectivity index (χ4v) is 6.47. The molecule has 0 saturated heterocycles. The van der Waals surface area contributed by atoms with Crippen molar-refractivity contribution < 1.29 is 14.1 Å². The molecule has 2 aromatic carbocycles. The largest absolute Gasteiger partial charge is 0.495 e. The molecular weight excluding hydrogens is 424 g/mol. The Morgan fingerprint density at radius 2 is 1.84 bits per heavy atom. The minimum atomic E-state index is 0.0390. The van der Waals surface area contributed by atoms with Crippen LogP contribution in [0.1, 0.15) is 18.9 Å². The van der Waals surface area contributed by atoms with Crippen molar-refractivity contribution in [1.82, 2.24) is 0 Å². The number of aryl methyl sites for hydroxylation is 1. The fourth-order valence-electron chi connectivity index (χ4n) is 4.14. The zero-order valence-corrected chi connectivity index (χ0v) is 19.3. The van der Waals surface area contributed by atoms with Gasteiger partial charge in [0.15, 0.2) is 0 Å². The topological polar surface area (TPSA) is 33.4 Å². The molecule has 3 aromatic rings. The lowest BCUT2D eigenvalue weighted by Gasteiger charge is -2.24. The number of ketones is 1. The van der Waals surface area contributed by atoms with E-state index in [9.17, 15) is 4.79 Å². The molecule has 5 rings (SSSR count). The van der Waals surface area contributed by atoms with Crippen molar-refractivity contribution in [3.63, 3.8) is 0 Å². The number of ether oxygens (including phenoxy) is 1. The Kier molecular flexibility index (Phi) is 5.20. The fraction of sp³-hybridized carbons (Fsp3) is 0.200. The van der Waals surface area contributed by atoms with E-state index in [1.807, 2.05) is 36.4 Å². The molecule has 1 aliphatic carbocycles. The predicted octanol–water partition coefficient (Wildman–Crippen LogP) is 5.55. The van der Waals surface area contributed by atoms with Gasteiger partial charge in [-0.25, -0.2) is 0 Å². The van der Waals surface area contributed by atoms with E-state index in [0.29, 0.717) is 16.9 Å². The number of aromatic nitrogens is 1. The van der Waals surface area contributed by atoms with Crippen molar-refractivity contribution in [3.8, 4) is 0 Å². The summed E-state index contributed by atoms with van der Waals surface area (Å²) in [7, 11) is 1.64. The second-order valence-electron chi connectivity index (χ2n) is 7.28. The second-order valence-corrected chi connectivity index (χ2v) is 9.41. The summed E-state index contributed by atoms with van der Waals surface area (Å²) < 4.78 is 9.13. The molecule has 0 atom stereocenters. The molecular formula is C25H23N2O2S2+. The first kappa shape index (κ1) is 20.1. The van der Waals surface area contributed by atoms with Crippen molar-refractivity contribution in [2.45, 2.75) is 25.3 Å². The first-order valence-electron chi connectivity index (χ1n) is 10.4. The molecule has 1 aromatic heterocycles. The molecule has 0 fully saturated rings. The van der Waals surface area contributed by atoms with Gasteiger partial charge in [-0.15, -0.1) is 0 Å². The van der Waals surface area contributed by atoms with Crippen LogP contribution in [0.5, 0.6) is 0 Å². The highest BCUT2D eigenvalue weighted by atomic mass is 32.2. The SMILES string of the molecule is CCN1/C(=C/C2=C(OC)C(=C/c3sc4ccccc4[n+]3CC)/C2=O)Sc2ccccc21. The number of rotatable bonds is 5. The van der Waals surface area contributed by atoms with Gasteiger partial charge >= 0.3 is 0 Å². The number of anilines is 1. The number of Topliss-reactive ketones (excluding diaryl/α,β-unsaturated/α-hetero) is 1. The smallest absolute Gasteiger partial charge is 0.263 e. The number of allylic oxidation sites excluding steroid dienone is 3. The molecule has 1 aliphatic heterocycles. The highest BCUT2D eigenvalue weighted by Gasteiger charge is 2.36. The van der Waals surface area contributed by atoms with Crippen molar-refractivity contribution in [1.29, 1.82) is 0 Å². The van der Waals surface area contributed by atoms with Crippen LogP contribution in [0.3, 0.4) is 0 Å². The third-order valence-corrected chi connectivity index (χ3v) is 7.85. The van der Waals surface area contributed by atoms with E-state index >= 15 is 0 Å². The van der Waals surface area contributed by atoms with Gasteiger partial charge in [0.1, 0.15) is 17.0 Å². The van der Waals surface area contributed by atoms with Crippen LogP contribution in [-0.2, 0) is 16.1 Å². The van der Waals surface area contributed by atoms with Gasteiger partial charge in [0.2, 0.25) is 11.3 Å². The zero-order valence-electron chi connectivity index (χ0n) is 17.7.